The van der Waals surface area contributed by atoms with Gasteiger partial charge in [-0.25, -0.2) is 4.98 Å². The Morgan fingerprint density at radius 1 is 1.09 bits per heavy atom. The normalized spacial score (nSPS) is 11.6. The summed E-state index contributed by atoms with van der Waals surface area (Å²) in [5.41, 5.74) is 0.991. The number of amides is 1. The fraction of sp³-hybridized carbons (Fsp3) is 0.182. The highest BCUT2D eigenvalue weighted by Gasteiger charge is 2.30. The quantitative estimate of drug-likeness (QED) is 0.510. The van der Waals surface area contributed by atoms with Crippen LogP contribution in [0, 0.1) is 0 Å². The number of aryl methyl sites for hydroxylation is 2. The number of carbonyl (C=O) groups is 1. The van der Waals surface area contributed by atoms with Crippen molar-refractivity contribution in [1.82, 2.24) is 19.3 Å². The molecule has 2 aromatic carbocycles. The van der Waals surface area contributed by atoms with Crippen LogP contribution in [0.15, 0.2) is 65.8 Å². The molecular formula is C22H18F3N5O2. The van der Waals surface area contributed by atoms with Crippen LogP contribution in [-0.2, 0) is 24.6 Å². The molecule has 0 saturated heterocycles. The summed E-state index contributed by atoms with van der Waals surface area (Å²) in [6.07, 6.45) is -1.55. The maximum atomic E-state index is 12.9. The summed E-state index contributed by atoms with van der Waals surface area (Å²) in [6.45, 7) is 0.144. The van der Waals surface area contributed by atoms with Gasteiger partial charge in [0.15, 0.2) is 5.65 Å². The van der Waals surface area contributed by atoms with E-state index in [1.165, 1.54) is 27.8 Å². The minimum atomic E-state index is -4.41. The highest BCUT2D eigenvalue weighted by Crippen LogP contribution is 2.32. The summed E-state index contributed by atoms with van der Waals surface area (Å²) < 4.78 is 41.6. The zero-order chi connectivity index (χ0) is 22.9. The van der Waals surface area contributed by atoms with Gasteiger partial charge < -0.3 is 5.32 Å². The number of nitrogens with one attached hydrogen (secondary N) is 1. The number of hydrogen-bond acceptors (Lipinski definition) is 4. The van der Waals surface area contributed by atoms with Crippen LogP contribution >= 0.6 is 0 Å². The molecule has 0 spiro atoms. The van der Waals surface area contributed by atoms with Crippen molar-refractivity contribution in [3.63, 3.8) is 0 Å². The fourth-order valence-corrected chi connectivity index (χ4v) is 3.29. The molecule has 0 unspecified atom stereocenters. The highest BCUT2D eigenvalue weighted by molar-refractivity contribution is 5.91. The Bertz CT molecular complexity index is 1340. The molecule has 32 heavy (non-hydrogen) atoms. The van der Waals surface area contributed by atoms with E-state index in [0.717, 1.165) is 12.1 Å². The molecular weight excluding hydrogens is 423 g/mol. The van der Waals surface area contributed by atoms with Crippen molar-refractivity contribution in [2.45, 2.75) is 19.1 Å². The number of fused-ring (bicyclic) bond motifs is 1. The van der Waals surface area contributed by atoms with Crippen LogP contribution in [-0.4, -0.2) is 25.2 Å². The van der Waals surface area contributed by atoms with E-state index in [9.17, 15) is 22.8 Å². The number of carbonyl (C=O) groups excluding carboxylic acids is 1. The monoisotopic (exact) mass is 441 g/mol. The number of anilines is 1. The summed E-state index contributed by atoms with van der Waals surface area (Å²) in [5.74, 6) is -0.310. The first-order valence-electron chi connectivity index (χ1n) is 9.67. The van der Waals surface area contributed by atoms with Crippen molar-refractivity contribution in [1.29, 1.82) is 0 Å². The zero-order valence-electron chi connectivity index (χ0n) is 16.9. The molecule has 0 aliphatic carbocycles. The van der Waals surface area contributed by atoms with Crippen LogP contribution in [0.3, 0.4) is 0 Å². The summed E-state index contributed by atoms with van der Waals surface area (Å²) >= 11 is 0. The van der Waals surface area contributed by atoms with Crippen molar-refractivity contribution in [2.75, 3.05) is 5.32 Å². The highest BCUT2D eigenvalue weighted by atomic mass is 19.4. The molecule has 164 valence electrons. The van der Waals surface area contributed by atoms with Crippen LogP contribution in [0.1, 0.15) is 12.0 Å². The van der Waals surface area contributed by atoms with Crippen LogP contribution in [0.4, 0.5) is 18.9 Å². The van der Waals surface area contributed by atoms with E-state index in [4.69, 9.17) is 0 Å². The third-order valence-electron chi connectivity index (χ3n) is 4.99. The maximum absolute atomic E-state index is 12.9. The van der Waals surface area contributed by atoms with Gasteiger partial charge in [0.05, 0.1) is 18.1 Å². The fourth-order valence-electron chi connectivity index (χ4n) is 3.29. The van der Waals surface area contributed by atoms with Crippen molar-refractivity contribution < 1.29 is 18.0 Å². The van der Waals surface area contributed by atoms with Gasteiger partial charge in [0.1, 0.15) is 5.39 Å². The predicted octanol–water partition coefficient (Wildman–Crippen LogP) is 3.84. The first-order valence-corrected chi connectivity index (χ1v) is 9.67. The number of hydrogen-bond donors (Lipinski definition) is 1. The van der Waals surface area contributed by atoms with Gasteiger partial charge in [0, 0.05) is 25.7 Å². The Hall–Kier alpha value is -3.95. The van der Waals surface area contributed by atoms with Gasteiger partial charge >= 0.3 is 6.18 Å². The molecule has 4 aromatic rings. The maximum Gasteiger partial charge on any atom is 0.416 e. The number of nitrogens with zero attached hydrogens (tertiary/aromatic N) is 4. The smallest absolute Gasteiger partial charge is 0.326 e. The van der Waals surface area contributed by atoms with E-state index in [1.807, 2.05) is 0 Å². The number of rotatable bonds is 5. The second kappa shape index (κ2) is 8.29. The summed E-state index contributed by atoms with van der Waals surface area (Å²) in [6, 6.07) is 11.5. The van der Waals surface area contributed by atoms with Crippen molar-refractivity contribution in [2.24, 2.45) is 7.05 Å². The summed E-state index contributed by atoms with van der Waals surface area (Å²) in [7, 11) is 1.69. The molecule has 0 saturated carbocycles. The first-order chi connectivity index (χ1) is 15.2. The molecule has 7 nitrogen and oxygen atoms in total. The van der Waals surface area contributed by atoms with Crippen molar-refractivity contribution in [3.8, 4) is 11.1 Å². The molecule has 4 rings (SSSR count). The first kappa shape index (κ1) is 21.3. The lowest BCUT2D eigenvalue weighted by molar-refractivity contribution is -0.137. The Morgan fingerprint density at radius 3 is 2.56 bits per heavy atom. The molecule has 10 heteroatoms. The predicted molar refractivity (Wildman–Crippen MR) is 113 cm³/mol. The van der Waals surface area contributed by atoms with Gasteiger partial charge in [-0.2, -0.15) is 18.3 Å². The molecule has 1 amide bonds. The van der Waals surface area contributed by atoms with E-state index < -0.39 is 11.7 Å². The molecule has 2 heterocycles. The summed E-state index contributed by atoms with van der Waals surface area (Å²) in [4.78, 5) is 28.9. The third kappa shape index (κ3) is 4.39. The third-order valence-corrected chi connectivity index (χ3v) is 4.99. The van der Waals surface area contributed by atoms with E-state index in [-0.39, 0.29) is 24.4 Å². The Morgan fingerprint density at radius 2 is 1.84 bits per heavy atom. The van der Waals surface area contributed by atoms with Crippen LogP contribution in [0.2, 0.25) is 0 Å². The van der Waals surface area contributed by atoms with Gasteiger partial charge in [0.2, 0.25) is 5.91 Å². The average Bonchev–Trinajstić information content (AvgIpc) is 3.15. The Balaban J connectivity index is 1.40. The molecule has 1 N–H and O–H groups in total. The van der Waals surface area contributed by atoms with Crippen molar-refractivity contribution >= 4 is 22.6 Å². The van der Waals surface area contributed by atoms with Gasteiger partial charge in [-0.3, -0.25) is 18.8 Å². The molecule has 2 aromatic heterocycles. The molecule has 0 aliphatic rings. The van der Waals surface area contributed by atoms with E-state index >= 15 is 0 Å². The Kier molecular flexibility index (Phi) is 5.52. The SMILES string of the molecule is Cn1ncc2c(=O)n(CCC(=O)Nc3ccc(-c4cccc(C(F)(F)F)c4)cc3)cnc21. The summed E-state index contributed by atoms with van der Waals surface area (Å²) in [5, 5.41) is 7.09. The molecule has 0 radical (unpaired) electrons. The number of halogens is 3. The van der Waals surface area contributed by atoms with Gasteiger partial charge in [-0.1, -0.05) is 24.3 Å². The van der Waals surface area contributed by atoms with Crippen molar-refractivity contribution in [3.05, 3.63) is 77.0 Å². The number of aromatic nitrogens is 4. The lowest BCUT2D eigenvalue weighted by Gasteiger charge is -2.10. The minimum Gasteiger partial charge on any atom is -0.326 e. The molecule has 0 aliphatic heterocycles. The number of benzene rings is 2. The lowest BCUT2D eigenvalue weighted by Crippen LogP contribution is -2.23. The second-order valence-electron chi connectivity index (χ2n) is 7.20. The lowest BCUT2D eigenvalue weighted by atomic mass is 10.0. The average molecular weight is 441 g/mol. The van der Waals surface area contributed by atoms with Crippen LogP contribution < -0.4 is 10.9 Å². The molecule has 0 atom stereocenters. The van der Waals surface area contributed by atoms with E-state index in [1.54, 1.807) is 37.4 Å². The van der Waals surface area contributed by atoms with E-state index in [2.05, 4.69) is 15.4 Å². The standard InChI is InChI=1S/C22H18F3N5O2/c1-29-20-18(12-27-29)21(32)30(13-26-20)10-9-19(31)28-17-7-5-14(6-8-17)15-3-2-4-16(11-15)22(23,24)25/h2-8,11-13H,9-10H2,1H3,(H,28,31). The number of alkyl halides is 3. The largest absolute Gasteiger partial charge is 0.416 e. The zero-order valence-corrected chi connectivity index (χ0v) is 16.9. The van der Waals surface area contributed by atoms with Crippen LogP contribution in [0.25, 0.3) is 22.2 Å². The molecule has 0 bridgehead atoms. The van der Waals surface area contributed by atoms with Crippen LogP contribution in [0.5, 0.6) is 0 Å². The minimum absolute atomic E-state index is 0.0444. The second-order valence-corrected chi connectivity index (χ2v) is 7.20. The van der Waals surface area contributed by atoms with E-state index in [0.29, 0.717) is 27.8 Å². The molecule has 0 fully saturated rings. The Labute approximate surface area is 180 Å². The van der Waals surface area contributed by atoms with Gasteiger partial charge in [0.25, 0.3) is 5.56 Å². The topological polar surface area (TPSA) is 81.8 Å². The van der Waals surface area contributed by atoms with Gasteiger partial charge in [-0.05, 0) is 35.4 Å². The van der Waals surface area contributed by atoms with Gasteiger partial charge in [-0.15, -0.1) is 0 Å².